The van der Waals surface area contributed by atoms with Crippen molar-refractivity contribution < 1.29 is 0 Å². The number of benzene rings is 1. The minimum atomic E-state index is 0.566. The van der Waals surface area contributed by atoms with Gasteiger partial charge in [-0.05, 0) is 28.6 Å². The summed E-state index contributed by atoms with van der Waals surface area (Å²) in [4.78, 5) is 0. The topological polar surface area (TPSA) is 55.6 Å². The van der Waals surface area contributed by atoms with Crippen molar-refractivity contribution in [3.8, 4) is 0 Å². The summed E-state index contributed by atoms with van der Waals surface area (Å²) in [5.41, 5.74) is 0.977. The van der Waals surface area contributed by atoms with E-state index in [0.717, 1.165) is 30.4 Å². The largest absolute Gasteiger partial charge is 0.315 e. The van der Waals surface area contributed by atoms with Gasteiger partial charge in [-0.1, -0.05) is 54.0 Å². The van der Waals surface area contributed by atoms with Crippen LogP contribution in [0.4, 0.5) is 0 Å². The van der Waals surface area contributed by atoms with Gasteiger partial charge in [-0.15, -0.1) is 5.10 Å². The summed E-state index contributed by atoms with van der Waals surface area (Å²) in [6, 6.07) is 5.62. The molecule has 0 saturated heterocycles. The maximum Gasteiger partial charge on any atom is 0.209 e. The zero-order chi connectivity index (χ0) is 14.4. The molecule has 5 nitrogen and oxygen atoms in total. The highest BCUT2D eigenvalue weighted by Gasteiger charge is 2.09. The van der Waals surface area contributed by atoms with E-state index >= 15 is 0 Å². The molecule has 0 spiro atoms. The molecule has 0 aliphatic heterocycles. The normalized spacial score (nSPS) is 10.9. The second kappa shape index (κ2) is 7.83. The maximum absolute atomic E-state index is 6.16. The smallest absolute Gasteiger partial charge is 0.209 e. The molecule has 2 rings (SSSR count). The van der Waals surface area contributed by atoms with Crippen LogP contribution in [-0.2, 0) is 12.3 Å². The van der Waals surface area contributed by atoms with Crippen molar-refractivity contribution in [1.29, 1.82) is 0 Å². The van der Waals surface area contributed by atoms with Crippen LogP contribution in [0.15, 0.2) is 23.4 Å². The Balaban J connectivity index is 1.97. The Morgan fingerprint density at radius 1 is 1.35 bits per heavy atom. The van der Waals surface area contributed by atoms with Crippen molar-refractivity contribution in [2.45, 2.75) is 24.4 Å². The average molecular weight is 332 g/mol. The third-order valence-electron chi connectivity index (χ3n) is 2.64. The molecule has 0 bridgehead atoms. The van der Waals surface area contributed by atoms with Crippen LogP contribution in [0.3, 0.4) is 0 Å². The number of halogens is 2. The van der Waals surface area contributed by atoms with Crippen molar-refractivity contribution in [3.63, 3.8) is 0 Å². The Labute approximate surface area is 132 Å². The highest BCUT2D eigenvalue weighted by atomic mass is 35.5. The number of rotatable bonds is 7. The van der Waals surface area contributed by atoms with Crippen LogP contribution in [0.1, 0.15) is 12.5 Å². The van der Waals surface area contributed by atoms with Crippen LogP contribution in [-0.4, -0.2) is 33.3 Å². The number of nitrogens with one attached hydrogen (secondary N) is 1. The molecular formula is C12H15Cl2N5S. The molecule has 0 fully saturated rings. The number of tetrazole rings is 1. The second-order valence-electron chi connectivity index (χ2n) is 4.04. The summed E-state index contributed by atoms with van der Waals surface area (Å²) >= 11 is 13.7. The molecule has 20 heavy (non-hydrogen) atoms. The molecule has 1 N–H and O–H groups in total. The zero-order valence-corrected chi connectivity index (χ0v) is 13.3. The van der Waals surface area contributed by atoms with E-state index < -0.39 is 0 Å². The van der Waals surface area contributed by atoms with Gasteiger partial charge in [0.2, 0.25) is 5.16 Å². The molecular weight excluding hydrogens is 317 g/mol. The van der Waals surface area contributed by atoms with Gasteiger partial charge in [0.05, 0.1) is 16.6 Å². The summed E-state index contributed by atoms with van der Waals surface area (Å²) in [5.74, 6) is 0.682. The van der Waals surface area contributed by atoms with E-state index in [1.54, 1.807) is 22.5 Å². The van der Waals surface area contributed by atoms with Gasteiger partial charge in [0.25, 0.3) is 0 Å². The zero-order valence-electron chi connectivity index (χ0n) is 11.0. The van der Waals surface area contributed by atoms with E-state index in [9.17, 15) is 0 Å². The van der Waals surface area contributed by atoms with Crippen LogP contribution in [0.5, 0.6) is 0 Å². The molecule has 0 aliphatic carbocycles. The first-order chi connectivity index (χ1) is 9.72. The Morgan fingerprint density at radius 2 is 2.20 bits per heavy atom. The molecule has 0 unspecified atom stereocenters. The van der Waals surface area contributed by atoms with Gasteiger partial charge < -0.3 is 5.32 Å². The lowest BCUT2D eigenvalue weighted by Gasteiger charge is -2.06. The fourth-order valence-electron chi connectivity index (χ4n) is 1.60. The predicted octanol–water partition coefficient (Wildman–Crippen LogP) is 2.88. The molecule has 0 amide bonds. The standard InChI is InChI=1S/C12H15Cl2N5S/c1-2-15-6-7-19-12(16-17-18-19)20-8-9-4-3-5-10(13)11(9)14/h3-5,15H,2,6-8H2,1H3. The summed E-state index contributed by atoms with van der Waals surface area (Å²) in [6.07, 6.45) is 0. The lowest BCUT2D eigenvalue weighted by molar-refractivity contribution is 0.517. The van der Waals surface area contributed by atoms with Crippen LogP contribution >= 0.6 is 35.0 Å². The monoisotopic (exact) mass is 331 g/mol. The van der Waals surface area contributed by atoms with E-state index in [1.807, 2.05) is 12.1 Å². The lowest BCUT2D eigenvalue weighted by Crippen LogP contribution is -2.20. The Morgan fingerprint density at radius 3 is 3.00 bits per heavy atom. The van der Waals surface area contributed by atoms with Gasteiger partial charge in [0, 0.05) is 12.3 Å². The average Bonchev–Trinajstić information content (AvgIpc) is 2.88. The van der Waals surface area contributed by atoms with E-state index in [0.29, 0.717) is 15.8 Å². The summed E-state index contributed by atoms with van der Waals surface area (Å²) in [6.45, 7) is 4.58. The number of aromatic nitrogens is 4. The van der Waals surface area contributed by atoms with Crippen molar-refractivity contribution in [3.05, 3.63) is 33.8 Å². The van der Waals surface area contributed by atoms with Crippen molar-refractivity contribution in [2.24, 2.45) is 0 Å². The van der Waals surface area contributed by atoms with Gasteiger partial charge in [-0.2, -0.15) is 0 Å². The van der Waals surface area contributed by atoms with Gasteiger partial charge in [-0.3, -0.25) is 0 Å². The summed E-state index contributed by atoms with van der Waals surface area (Å²) in [5, 5.41) is 16.9. The molecule has 0 atom stereocenters. The minimum absolute atomic E-state index is 0.566. The van der Waals surface area contributed by atoms with Crippen LogP contribution in [0.25, 0.3) is 0 Å². The molecule has 108 valence electrons. The van der Waals surface area contributed by atoms with E-state index in [1.165, 1.54) is 0 Å². The van der Waals surface area contributed by atoms with Crippen molar-refractivity contribution in [2.75, 3.05) is 13.1 Å². The van der Waals surface area contributed by atoms with E-state index in [2.05, 4.69) is 27.8 Å². The summed E-state index contributed by atoms with van der Waals surface area (Å²) < 4.78 is 1.78. The molecule has 8 heteroatoms. The Bertz CT molecular complexity index is 561. The Hall–Kier alpha value is -0.820. The van der Waals surface area contributed by atoms with Crippen LogP contribution < -0.4 is 5.32 Å². The molecule has 0 radical (unpaired) electrons. The minimum Gasteiger partial charge on any atom is -0.315 e. The number of hydrogen-bond acceptors (Lipinski definition) is 5. The highest BCUT2D eigenvalue weighted by Crippen LogP contribution is 2.30. The first-order valence-corrected chi connectivity index (χ1v) is 7.99. The number of likely N-dealkylation sites (N-methyl/N-ethyl adjacent to an activating group) is 1. The lowest BCUT2D eigenvalue weighted by atomic mass is 10.2. The van der Waals surface area contributed by atoms with E-state index in [4.69, 9.17) is 23.2 Å². The van der Waals surface area contributed by atoms with E-state index in [-0.39, 0.29) is 0 Å². The number of hydrogen-bond donors (Lipinski definition) is 1. The quantitative estimate of drug-likeness (QED) is 0.624. The molecule has 1 heterocycles. The fraction of sp³-hybridized carbons (Fsp3) is 0.417. The third-order valence-corrected chi connectivity index (χ3v) is 4.50. The molecule has 0 saturated carbocycles. The molecule has 0 aliphatic rings. The maximum atomic E-state index is 6.16. The molecule has 1 aromatic heterocycles. The van der Waals surface area contributed by atoms with Crippen LogP contribution in [0.2, 0.25) is 10.0 Å². The molecule has 1 aromatic carbocycles. The number of thioether (sulfide) groups is 1. The van der Waals surface area contributed by atoms with Gasteiger partial charge in [-0.25, -0.2) is 4.68 Å². The third kappa shape index (κ3) is 4.09. The second-order valence-corrected chi connectivity index (χ2v) is 5.77. The Kier molecular flexibility index (Phi) is 6.09. The number of nitrogens with zero attached hydrogens (tertiary/aromatic N) is 4. The predicted molar refractivity (Wildman–Crippen MR) is 82.4 cm³/mol. The van der Waals surface area contributed by atoms with Gasteiger partial charge >= 0.3 is 0 Å². The highest BCUT2D eigenvalue weighted by molar-refractivity contribution is 7.98. The van der Waals surface area contributed by atoms with Gasteiger partial charge in [0.15, 0.2) is 0 Å². The first-order valence-electron chi connectivity index (χ1n) is 6.25. The fourth-order valence-corrected chi connectivity index (χ4v) is 2.97. The van der Waals surface area contributed by atoms with Crippen molar-refractivity contribution >= 4 is 35.0 Å². The first kappa shape index (κ1) is 15.6. The SMILES string of the molecule is CCNCCn1nnnc1SCc1cccc(Cl)c1Cl. The van der Waals surface area contributed by atoms with Crippen molar-refractivity contribution in [1.82, 2.24) is 25.5 Å². The van der Waals surface area contributed by atoms with Crippen LogP contribution in [0, 0.1) is 0 Å². The molecule has 2 aromatic rings. The van der Waals surface area contributed by atoms with Gasteiger partial charge in [0.1, 0.15) is 0 Å². The summed E-state index contributed by atoms with van der Waals surface area (Å²) in [7, 11) is 0.